The van der Waals surface area contributed by atoms with Crippen molar-refractivity contribution in [1.29, 1.82) is 0 Å². The Hall–Kier alpha value is -1.31. The lowest BCUT2D eigenvalue weighted by Gasteiger charge is -2.35. The fraction of sp³-hybridized carbons (Fsp3) is 0.562. The monoisotopic (exact) mass is 245 g/mol. The average molecular weight is 245 g/mol. The highest BCUT2D eigenvalue weighted by molar-refractivity contribution is 5.95. The molecule has 1 saturated heterocycles. The zero-order valence-electron chi connectivity index (χ0n) is 11.9. The van der Waals surface area contributed by atoms with Crippen LogP contribution in [0, 0.1) is 0 Å². The zero-order valence-corrected chi connectivity index (χ0v) is 11.9. The van der Waals surface area contributed by atoms with E-state index in [0.717, 1.165) is 19.4 Å². The summed E-state index contributed by atoms with van der Waals surface area (Å²) in [6.07, 6.45) is 2.71. The van der Waals surface area contributed by atoms with E-state index in [9.17, 15) is 4.79 Å². The predicted molar refractivity (Wildman–Crippen MR) is 76.2 cm³/mol. The molecule has 18 heavy (non-hydrogen) atoms. The first-order valence-corrected chi connectivity index (χ1v) is 6.94. The molecule has 0 atom stereocenters. The number of carbonyl (C=O) groups is 1. The summed E-state index contributed by atoms with van der Waals surface area (Å²) in [6.45, 7) is 9.32. The Morgan fingerprint density at radius 1 is 1.17 bits per heavy atom. The number of aryl methyl sites for hydroxylation is 2. The average Bonchev–Trinajstić information content (AvgIpc) is 2.63. The van der Waals surface area contributed by atoms with Crippen molar-refractivity contribution >= 4 is 11.5 Å². The van der Waals surface area contributed by atoms with Gasteiger partial charge in [0, 0.05) is 18.7 Å². The number of benzene rings is 1. The molecule has 0 bridgehead atoms. The maximum absolute atomic E-state index is 12.0. The first kappa shape index (κ1) is 13.1. The molecule has 1 fully saturated rings. The minimum absolute atomic E-state index is 0.352. The molecule has 0 spiro atoms. The molecule has 1 aliphatic heterocycles. The van der Waals surface area contributed by atoms with E-state index in [4.69, 9.17) is 0 Å². The number of para-hydroxylation sites is 1. The van der Waals surface area contributed by atoms with Gasteiger partial charge in [0.25, 0.3) is 0 Å². The number of nitrogens with zero attached hydrogens (tertiary/aromatic N) is 1. The minimum Gasteiger partial charge on any atom is -0.358 e. The van der Waals surface area contributed by atoms with E-state index in [1.807, 2.05) is 13.8 Å². The molecule has 2 heteroatoms. The van der Waals surface area contributed by atoms with Crippen LogP contribution >= 0.6 is 0 Å². The Labute approximate surface area is 110 Å². The first-order valence-electron chi connectivity index (χ1n) is 6.94. The van der Waals surface area contributed by atoms with Crippen molar-refractivity contribution in [2.24, 2.45) is 0 Å². The lowest BCUT2D eigenvalue weighted by Crippen LogP contribution is -2.43. The second-order valence-corrected chi connectivity index (χ2v) is 5.52. The molecule has 0 aromatic heterocycles. The molecule has 1 aromatic carbocycles. The highest BCUT2D eigenvalue weighted by Crippen LogP contribution is 2.36. The smallest absolute Gasteiger partial charge is 0.159 e. The van der Waals surface area contributed by atoms with Gasteiger partial charge in [-0.05, 0) is 37.8 Å². The van der Waals surface area contributed by atoms with Crippen molar-refractivity contribution in [3.63, 3.8) is 0 Å². The highest BCUT2D eigenvalue weighted by Gasteiger charge is 2.41. The summed E-state index contributed by atoms with van der Waals surface area (Å²) in [7, 11) is 0. The van der Waals surface area contributed by atoms with Gasteiger partial charge >= 0.3 is 0 Å². The molecule has 0 saturated carbocycles. The third kappa shape index (κ3) is 1.94. The molecular formula is C16H23NO. The number of hydrogen-bond donors (Lipinski definition) is 0. The van der Waals surface area contributed by atoms with Gasteiger partial charge in [0.1, 0.15) is 0 Å². The Kier molecular flexibility index (Phi) is 3.47. The number of rotatable bonds is 3. The molecule has 0 aliphatic carbocycles. The Bertz CT molecular complexity index is 440. The quantitative estimate of drug-likeness (QED) is 0.813. The molecule has 1 aromatic rings. The van der Waals surface area contributed by atoms with Crippen LogP contribution in [0.4, 0.5) is 5.69 Å². The van der Waals surface area contributed by atoms with Crippen LogP contribution in [0.5, 0.6) is 0 Å². The van der Waals surface area contributed by atoms with Crippen LogP contribution in [0.2, 0.25) is 0 Å². The maximum atomic E-state index is 12.0. The molecule has 0 radical (unpaired) electrons. The van der Waals surface area contributed by atoms with Gasteiger partial charge < -0.3 is 4.90 Å². The van der Waals surface area contributed by atoms with Crippen molar-refractivity contribution in [1.82, 2.24) is 0 Å². The second-order valence-electron chi connectivity index (χ2n) is 5.52. The van der Waals surface area contributed by atoms with Gasteiger partial charge in [-0.1, -0.05) is 32.0 Å². The van der Waals surface area contributed by atoms with Gasteiger partial charge in [0.2, 0.25) is 0 Å². The van der Waals surface area contributed by atoms with Crippen LogP contribution in [0.1, 0.15) is 45.2 Å². The van der Waals surface area contributed by atoms with E-state index >= 15 is 0 Å². The van der Waals surface area contributed by atoms with Crippen molar-refractivity contribution in [2.45, 2.75) is 52.5 Å². The van der Waals surface area contributed by atoms with Gasteiger partial charge in [0.15, 0.2) is 5.78 Å². The molecule has 2 rings (SSSR count). The highest BCUT2D eigenvalue weighted by atomic mass is 16.1. The maximum Gasteiger partial charge on any atom is 0.159 e. The molecule has 0 amide bonds. The van der Waals surface area contributed by atoms with Crippen molar-refractivity contribution in [3.8, 4) is 0 Å². The fourth-order valence-electron chi connectivity index (χ4n) is 2.90. The Morgan fingerprint density at radius 3 is 2.11 bits per heavy atom. The summed E-state index contributed by atoms with van der Waals surface area (Å²) in [5.41, 5.74) is 3.67. The van der Waals surface area contributed by atoms with Gasteiger partial charge in [-0.2, -0.15) is 0 Å². The van der Waals surface area contributed by atoms with Crippen molar-refractivity contribution in [3.05, 3.63) is 29.3 Å². The van der Waals surface area contributed by atoms with Crippen LogP contribution in [0.25, 0.3) is 0 Å². The van der Waals surface area contributed by atoms with E-state index in [2.05, 4.69) is 36.9 Å². The molecule has 2 nitrogen and oxygen atoms in total. The number of anilines is 1. The number of ketones is 1. The lowest BCUT2D eigenvalue weighted by atomic mass is 9.96. The summed E-state index contributed by atoms with van der Waals surface area (Å²) in [5.74, 6) is 0.357. The molecule has 0 unspecified atom stereocenters. The summed E-state index contributed by atoms with van der Waals surface area (Å²) < 4.78 is 0. The second kappa shape index (κ2) is 4.75. The molecule has 0 N–H and O–H groups in total. The van der Waals surface area contributed by atoms with Crippen LogP contribution in [-0.4, -0.2) is 17.9 Å². The van der Waals surface area contributed by atoms with Gasteiger partial charge in [-0.25, -0.2) is 0 Å². The third-order valence-corrected chi connectivity index (χ3v) is 4.15. The molecular weight excluding hydrogens is 222 g/mol. The number of Topliss-reactive ketones (excluding diaryl/α,β-unsaturated/α-hetero) is 1. The van der Waals surface area contributed by atoms with Crippen molar-refractivity contribution < 1.29 is 4.79 Å². The van der Waals surface area contributed by atoms with Gasteiger partial charge in [-0.3, -0.25) is 4.79 Å². The summed E-state index contributed by atoms with van der Waals surface area (Å²) in [4.78, 5) is 14.3. The third-order valence-electron chi connectivity index (χ3n) is 4.15. The number of hydrogen-bond acceptors (Lipinski definition) is 2. The van der Waals surface area contributed by atoms with E-state index < -0.39 is 0 Å². The molecule has 1 aliphatic rings. The fourth-order valence-corrected chi connectivity index (χ4v) is 2.90. The normalized spacial score (nSPS) is 18.4. The van der Waals surface area contributed by atoms with Gasteiger partial charge in [0.05, 0.1) is 5.54 Å². The SMILES string of the molecule is CCc1cccc(CC)c1N1CCC(=O)C1(C)C. The zero-order chi connectivity index (χ0) is 13.3. The standard InChI is InChI=1S/C16H23NO/c1-5-12-8-7-9-13(6-2)15(12)17-11-10-14(18)16(17,3)4/h7-9H,5-6,10-11H2,1-4H3. The van der Waals surface area contributed by atoms with Crippen LogP contribution in [0.3, 0.4) is 0 Å². The van der Waals surface area contributed by atoms with Crippen LogP contribution in [-0.2, 0) is 17.6 Å². The summed E-state index contributed by atoms with van der Waals surface area (Å²) >= 11 is 0. The van der Waals surface area contributed by atoms with E-state index in [1.165, 1.54) is 16.8 Å². The topological polar surface area (TPSA) is 20.3 Å². The number of carbonyl (C=O) groups excluding carboxylic acids is 1. The Balaban J connectivity index is 2.53. The van der Waals surface area contributed by atoms with Crippen LogP contribution in [0.15, 0.2) is 18.2 Å². The van der Waals surface area contributed by atoms with Crippen LogP contribution < -0.4 is 4.90 Å². The first-order chi connectivity index (χ1) is 8.52. The van der Waals surface area contributed by atoms with E-state index in [0.29, 0.717) is 12.2 Å². The van der Waals surface area contributed by atoms with Crippen molar-refractivity contribution in [2.75, 3.05) is 11.4 Å². The lowest BCUT2D eigenvalue weighted by molar-refractivity contribution is -0.120. The van der Waals surface area contributed by atoms with E-state index in [-0.39, 0.29) is 5.54 Å². The predicted octanol–water partition coefficient (Wildman–Crippen LogP) is 3.37. The van der Waals surface area contributed by atoms with Gasteiger partial charge in [-0.15, -0.1) is 0 Å². The summed E-state index contributed by atoms with van der Waals surface area (Å²) in [5, 5.41) is 0. The Morgan fingerprint density at radius 2 is 1.72 bits per heavy atom. The van der Waals surface area contributed by atoms with E-state index in [1.54, 1.807) is 0 Å². The summed E-state index contributed by atoms with van der Waals surface area (Å²) in [6, 6.07) is 6.51. The largest absolute Gasteiger partial charge is 0.358 e. The molecule has 1 heterocycles. The molecule has 98 valence electrons. The minimum atomic E-state index is -0.352.